The fourth-order valence-electron chi connectivity index (χ4n) is 2.98. The van der Waals surface area contributed by atoms with Crippen LogP contribution in [0.4, 0.5) is 13.2 Å². The SMILES string of the molecule is CCc1noc(CN(C(=O)c2cc(C)nc3c(C)cccc23)C(C)C)n1.O=C(O)C(F)(F)F. The van der Waals surface area contributed by atoms with E-state index in [1.165, 1.54) is 0 Å². The molecule has 0 atom stereocenters. The van der Waals surface area contributed by atoms with Crippen LogP contribution in [0.25, 0.3) is 10.9 Å². The van der Waals surface area contributed by atoms with Gasteiger partial charge in [-0.25, -0.2) is 4.79 Å². The van der Waals surface area contributed by atoms with Crippen LogP contribution in [0.2, 0.25) is 0 Å². The first-order chi connectivity index (χ1) is 15.3. The van der Waals surface area contributed by atoms with Gasteiger partial charge < -0.3 is 14.5 Å². The summed E-state index contributed by atoms with van der Waals surface area (Å²) in [6.07, 6.45) is -4.38. The Morgan fingerprint density at radius 2 is 1.82 bits per heavy atom. The quantitative estimate of drug-likeness (QED) is 0.590. The summed E-state index contributed by atoms with van der Waals surface area (Å²) in [6.45, 7) is 10.1. The van der Waals surface area contributed by atoms with Gasteiger partial charge in [-0.15, -0.1) is 0 Å². The molecule has 1 amide bonds. The number of amides is 1. The second-order valence-corrected chi connectivity index (χ2v) is 7.57. The molecule has 0 aliphatic rings. The van der Waals surface area contributed by atoms with E-state index in [-0.39, 0.29) is 18.5 Å². The molecule has 2 aromatic heterocycles. The summed E-state index contributed by atoms with van der Waals surface area (Å²) in [7, 11) is 0. The molecule has 178 valence electrons. The molecule has 2 heterocycles. The lowest BCUT2D eigenvalue weighted by molar-refractivity contribution is -0.192. The molecule has 3 aromatic rings. The molecule has 0 saturated carbocycles. The molecule has 0 bridgehead atoms. The smallest absolute Gasteiger partial charge is 0.475 e. The Bertz CT molecular complexity index is 1140. The first-order valence-electron chi connectivity index (χ1n) is 10.1. The number of alkyl halides is 3. The number of fused-ring (bicyclic) bond motifs is 1. The average Bonchev–Trinajstić information content (AvgIpc) is 3.19. The predicted octanol–water partition coefficient (Wildman–Crippen LogP) is 4.48. The van der Waals surface area contributed by atoms with Crippen molar-refractivity contribution in [3.63, 3.8) is 0 Å². The third-order valence-corrected chi connectivity index (χ3v) is 4.66. The summed E-state index contributed by atoms with van der Waals surface area (Å²) in [4.78, 5) is 32.9. The molecule has 0 fully saturated rings. The highest BCUT2D eigenvalue weighted by molar-refractivity contribution is 6.06. The number of pyridine rings is 1. The van der Waals surface area contributed by atoms with Crippen molar-refractivity contribution >= 4 is 22.8 Å². The fraction of sp³-hybridized carbons (Fsp3) is 0.409. The van der Waals surface area contributed by atoms with Crippen LogP contribution in [0.5, 0.6) is 0 Å². The van der Waals surface area contributed by atoms with E-state index in [0.29, 0.717) is 23.7 Å². The molecule has 8 nitrogen and oxygen atoms in total. The van der Waals surface area contributed by atoms with Crippen LogP contribution in [0.1, 0.15) is 54.1 Å². The highest BCUT2D eigenvalue weighted by atomic mass is 19.4. The van der Waals surface area contributed by atoms with E-state index in [4.69, 9.17) is 14.4 Å². The summed E-state index contributed by atoms with van der Waals surface area (Å²) in [5.41, 5.74) is 3.40. The maximum atomic E-state index is 13.4. The van der Waals surface area contributed by atoms with E-state index >= 15 is 0 Å². The molecule has 11 heteroatoms. The van der Waals surface area contributed by atoms with Gasteiger partial charge in [-0.05, 0) is 39.3 Å². The van der Waals surface area contributed by atoms with Crippen LogP contribution in [0.15, 0.2) is 28.8 Å². The minimum atomic E-state index is -5.08. The van der Waals surface area contributed by atoms with E-state index in [0.717, 1.165) is 22.2 Å². The molecule has 0 aliphatic carbocycles. The molecule has 0 unspecified atom stereocenters. The number of carbonyl (C=O) groups is 2. The number of hydrogen-bond donors (Lipinski definition) is 1. The zero-order valence-electron chi connectivity index (χ0n) is 18.9. The first kappa shape index (κ1) is 25.8. The molecule has 0 saturated heterocycles. The van der Waals surface area contributed by atoms with Gasteiger partial charge >= 0.3 is 12.1 Å². The van der Waals surface area contributed by atoms with E-state index in [1.54, 1.807) is 4.90 Å². The molecule has 0 spiro atoms. The molecule has 0 aliphatic heterocycles. The minimum absolute atomic E-state index is 0.00666. The van der Waals surface area contributed by atoms with Gasteiger partial charge in [0.15, 0.2) is 5.82 Å². The van der Waals surface area contributed by atoms with E-state index in [2.05, 4.69) is 15.1 Å². The average molecular weight is 466 g/mol. The third-order valence-electron chi connectivity index (χ3n) is 4.66. The van der Waals surface area contributed by atoms with Crippen LogP contribution in [0, 0.1) is 13.8 Å². The van der Waals surface area contributed by atoms with Crippen molar-refractivity contribution < 1.29 is 32.4 Å². The summed E-state index contributed by atoms with van der Waals surface area (Å²) < 4.78 is 37.0. The van der Waals surface area contributed by atoms with Gasteiger partial charge in [0.05, 0.1) is 11.1 Å². The predicted molar refractivity (Wildman–Crippen MR) is 114 cm³/mol. The summed E-state index contributed by atoms with van der Waals surface area (Å²) in [5.74, 6) is -1.71. The van der Waals surface area contributed by atoms with Crippen LogP contribution >= 0.6 is 0 Å². The van der Waals surface area contributed by atoms with Crippen molar-refractivity contribution in [2.24, 2.45) is 0 Å². The largest absolute Gasteiger partial charge is 0.490 e. The lowest BCUT2D eigenvalue weighted by Gasteiger charge is -2.26. The third kappa shape index (κ3) is 6.50. The number of aromatic nitrogens is 3. The van der Waals surface area contributed by atoms with Crippen LogP contribution in [-0.4, -0.2) is 49.2 Å². The van der Waals surface area contributed by atoms with Crippen LogP contribution in [-0.2, 0) is 17.8 Å². The van der Waals surface area contributed by atoms with Crippen molar-refractivity contribution in [2.45, 2.75) is 59.8 Å². The van der Waals surface area contributed by atoms with Crippen molar-refractivity contribution in [3.8, 4) is 0 Å². The second kappa shape index (κ2) is 10.4. The molecular weight excluding hydrogens is 441 g/mol. The highest BCUT2D eigenvalue weighted by Crippen LogP contribution is 2.24. The number of aryl methyl sites for hydroxylation is 3. The van der Waals surface area contributed by atoms with Crippen molar-refractivity contribution in [3.05, 3.63) is 52.8 Å². The Hall–Kier alpha value is -3.50. The maximum absolute atomic E-state index is 13.4. The van der Waals surface area contributed by atoms with Crippen molar-refractivity contribution in [2.75, 3.05) is 0 Å². The van der Waals surface area contributed by atoms with Gasteiger partial charge in [0.2, 0.25) is 5.89 Å². The summed E-state index contributed by atoms with van der Waals surface area (Å²) in [5, 5.41) is 11.9. The lowest BCUT2D eigenvalue weighted by atomic mass is 10.0. The zero-order valence-corrected chi connectivity index (χ0v) is 18.9. The lowest BCUT2D eigenvalue weighted by Crippen LogP contribution is -2.36. The number of hydrogen-bond acceptors (Lipinski definition) is 6. The monoisotopic (exact) mass is 466 g/mol. The van der Waals surface area contributed by atoms with Gasteiger partial charge in [-0.3, -0.25) is 9.78 Å². The highest BCUT2D eigenvalue weighted by Gasteiger charge is 2.38. The topological polar surface area (TPSA) is 109 Å². The number of aliphatic carboxylic acids is 1. The summed E-state index contributed by atoms with van der Waals surface area (Å²) >= 11 is 0. The van der Waals surface area contributed by atoms with Crippen molar-refractivity contribution in [1.29, 1.82) is 0 Å². The molecule has 0 radical (unpaired) electrons. The Balaban J connectivity index is 0.000000479. The van der Waals surface area contributed by atoms with Crippen LogP contribution in [0.3, 0.4) is 0 Å². The number of rotatable bonds is 5. The van der Waals surface area contributed by atoms with Crippen molar-refractivity contribution in [1.82, 2.24) is 20.0 Å². The van der Waals surface area contributed by atoms with E-state index in [9.17, 15) is 18.0 Å². The Morgan fingerprint density at radius 1 is 1.18 bits per heavy atom. The molecule has 1 aromatic carbocycles. The number of carboxylic acid groups (broad SMARTS) is 1. The molecule has 3 rings (SSSR count). The van der Waals surface area contributed by atoms with Gasteiger partial charge in [0.25, 0.3) is 5.91 Å². The Morgan fingerprint density at radius 3 is 2.33 bits per heavy atom. The standard InChI is InChI=1S/C20H24N4O2.C2HF3O2/c1-6-17-22-18(26-23-17)11-24(12(2)3)20(25)16-10-14(5)21-19-13(4)8-7-9-15(16)19;3-2(4,5)1(6)7/h7-10,12H,6,11H2,1-5H3;(H,6,7). The fourth-order valence-corrected chi connectivity index (χ4v) is 2.98. The van der Waals surface area contributed by atoms with Gasteiger partial charge in [0, 0.05) is 23.5 Å². The Labute approximate surface area is 188 Å². The number of carboxylic acids is 1. The van der Waals surface area contributed by atoms with Crippen LogP contribution < -0.4 is 0 Å². The molecule has 33 heavy (non-hydrogen) atoms. The number of halogens is 3. The maximum Gasteiger partial charge on any atom is 0.490 e. The summed E-state index contributed by atoms with van der Waals surface area (Å²) in [6, 6.07) is 7.76. The van der Waals surface area contributed by atoms with Gasteiger partial charge in [0.1, 0.15) is 6.54 Å². The second-order valence-electron chi connectivity index (χ2n) is 7.57. The van der Waals surface area contributed by atoms with E-state index < -0.39 is 12.1 Å². The molecule has 1 N–H and O–H groups in total. The molecular formula is C22H25F3N4O4. The number of carbonyl (C=O) groups excluding carboxylic acids is 1. The number of para-hydroxylation sites is 1. The number of benzene rings is 1. The number of nitrogens with zero attached hydrogens (tertiary/aromatic N) is 4. The zero-order chi connectivity index (χ0) is 24.9. The normalized spacial score (nSPS) is 11.3. The first-order valence-corrected chi connectivity index (χ1v) is 10.1. The van der Waals surface area contributed by atoms with Gasteiger partial charge in [-0.1, -0.05) is 30.3 Å². The van der Waals surface area contributed by atoms with Gasteiger partial charge in [-0.2, -0.15) is 18.2 Å². The van der Waals surface area contributed by atoms with E-state index in [1.807, 2.05) is 58.9 Å². The minimum Gasteiger partial charge on any atom is -0.475 e. The Kier molecular flexibility index (Phi) is 8.13.